The SMILES string of the molecule is CCOC(=O)C1(C(=O)OCC)CC2=C(CCOCc3ccccc3)C(=O)OC2C1. The van der Waals surface area contributed by atoms with E-state index in [-0.39, 0.29) is 26.1 Å². The summed E-state index contributed by atoms with van der Waals surface area (Å²) in [7, 11) is 0. The van der Waals surface area contributed by atoms with Crippen LogP contribution in [0, 0.1) is 5.41 Å². The van der Waals surface area contributed by atoms with Crippen molar-refractivity contribution in [1.29, 1.82) is 0 Å². The average molecular weight is 402 g/mol. The van der Waals surface area contributed by atoms with Crippen LogP contribution in [0.25, 0.3) is 0 Å². The van der Waals surface area contributed by atoms with Gasteiger partial charge in [-0.05, 0) is 31.4 Å². The number of esters is 3. The Morgan fingerprint density at radius 1 is 1.10 bits per heavy atom. The number of carbonyl (C=O) groups excluding carboxylic acids is 3. The second kappa shape index (κ2) is 9.22. The van der Waals surface area contributed by atoms with E-state index in [1.807, 2.05) is 30.3 Å². The van der Waals surface area contributed by atoms with Crippen molar-refractivity contribution < 1.29 is 33.3 Å². The molecular weight excluding hydrogens is 376 g/mol. The van der Waals surface area contributed by atoms with E-state index >= 15 is 0 Å². The summed E-state index contributed by atoms with van der Waals surface area (Å²) in [6.07, 6.45) is -0.102. The minimum atomic E-state index is -1.46. The van der Waals surface area contributed by atoms with E-state index in [1.165, 1.54) is 0 Å². The van der Waals surface area contributed by atoms with E-state index in [1.54, 1.807) is 13.8 Å². The Kier molecular flexibility index (Phi) is 6.69. The average Bonchev–Trinajstić information content (AvgIpc) is 3.22. The molecule has 7 nitrogen and oxygen atoms in total. The Morgan fingerprint density at radius 3 is 2.38 bits per heavy atom. The highest BCUT2D eigenvalue weighted by Crippen LogP contribution is 2.49. The van der Waals surface area contributed by atoms with Gasteiger partial charge in [-0.1, -0.05) is 30.3 Å². The molecule has 1 aliphatic heterocycles. The van der Waals surface area contributed by atoms with Crippen molar-refractivity contribution in [3.8, 4) is 0 Å². The molecule has 3 rings (SSSR count). The minimum Gasteiger partial charge on any atom is -0.465 e. The van der Waals surface area contributed by atoms with Crippen LogP contribution in [-0.4, -0.2) is 43.8 Å². The van der Waals surface area contributed by atoms with Crippen LogP contribution >= 0.6 is 0 Å². The first kappa shape index (κ1) is 21.0. The second-order valence-corrected chi connectivity index (χ2v) is 7.09. The molecule has 1 aromatic rings. The van der Waals surface area contributed by atoms with Gasteiger partial charge < -0.3 is 18.9 Å². The summed E-state index contributed by atoms with van der Waals surface area (Å²) in [4.78, 5) is 37.5. The minimum absolute atomic E-state index is 0.0557. The lowest BCUT2D eigenvalue weighted by atomic mass is 9.85. The summed E-state index contributed by atoms with van der Waals surface area (Å²) in [5, 5.41) is 0. The predicted molar refractivity (Wildman–Crippen MR) is 103 cm³/mol. The number of hydrogen-bond donors (Lipinski definition) is 0. The molecule has 156 valence electrons. The van der Waals surface area contributed by atoms with Gasteiger partial charge in [0.15, 0.2) is 5.41 Å². The van der Waals surface area contributed by atoms with Gasteiger partial charge in [-0.3, -0.25) is 9.59 Å². The van der Waals surface area contributed by atoms with Crippen LogP contribution in [-0.2, 0) is 39.9 Å². The third kappa shape index (κ3) is 4.34. The lowest BCUT2D eigenvalue weighted by Crippen LogP contribution is -2.41. The fourth-order valence-corrected chi connectivity index (χ4v) is 3.83. The second-order valence-electron chi connectivity index (χ2n) is 7.09. The number of fused-ring (bicyclic) bond motifs is 1. The van der Waals surface area contributed by atoms with Crippen molar-refractivity contribution >= 4 is 17.9 Å². The summed E-state index contributed by atoms with van der Waals surface area (Å²) >= 11 is 0. The van der Waals surface area contributed by atoms with Crippen molar-refractivity contribution in [3.63, 3.8) is 0 Å². The number of ether oxygens (including phenoxy) is 4. The van der Waals surface area contributed by atoms with E-state index in [0.29, 0.717) is 30.8 Å². The maximum atomic E-state index is 12.6. The fourth-order valence-electron chi connectivity index (χ4n) is 3.83. The summed E-state index contributed by atoms with van der Waals surface area (Å²) in [5.41, 5.74) is 0.752. The molecule has 7 heteroatoms. The maximum absolute atomic E-state index is 12.6. The van der Waals surface area contributed by atoms with Crippen molar-refractivity contribution in [3.05, 3.63) is 47.0 Å². The third-order valence-corrected chi connectivity index (χ3v) is 5.24. The first-order valence-electron chi connectivity index (χ1n) is 9.90. The van der Waals surface area contributed by atoms with Gasteiger partial charge in [0.1, 0.15) is 6.10 Å². The summed E-state index contributed by atoms with van der Waals surface area (Å²) in [6, 6.07) is 9.73. The molecule has 29 heavy (non-hydrogen) atoms. The topological polar surface area (TPSA) is 88.1 Å². The molecule has 1 unspecified atom stereocenters. The molecule has 1 fully saturated rings. The van der Waals surface area contributed by atoms with Crippen LogP contribution in [0.1, 0.15) is 38.7 Å². The first-order chi connectivity index (χ1) is 14.0. The van der Waals surface area contributed by atoms with Crippen molar-refractivity contribution in [2.24, 2.45) is 5.41 Å². The highest BCUT2D eigenvalue weighted by atomic mass is 16.6. The van der Waals surface area contributed by atoms with Crippen LogP contribution in [0.5, 0.6) is 0 Å². The van der Waals surface area contributed by atoms with Crippen molar-refractivity contribution in [1.82, 2.24) is 0 Å². The van der Waals surface area contributed by atoms with Crippen LogP contribution < -0.4 is 0 Å². The van der Waals surface area contributed by atoms with E-state index in [9.17, 15) is 14.4 Å². The third-order valence-electron chi connectivity index (χ3n) is 5.24. The molecule has 0 saturated heterocycles. The van der Waals surface area contributed by atoms with E-state index < -0.39 is 29.4 Å². The van der Waals surface area contributed by atoms with Crippen LogP contribution in [0.4, 0.5) is 0 Å². The standard InChI is InChI=1S/C22H26O7/c1-3-27-20(24)22(21(25)28-4-2)12-17-16(19(23)29-18(17)13-22)10-11-26-14-15-8-6-5-7-9-15/h5-9,18H,3-4,10-14H2,1-2H3. The molecule has 0 radical (unpaired) electrons. The highest BCUT2D eigenvalue weighted by Gasteiger charge is 2.59. The number of hydrogen-bond acceptors (Lipinski definition) is 7. The van der Waals surface area contributed by atoms with Gasteiger partial charge in [0.25, 0.3) is 0 Å². The van der Waals surface area contributed by atoms with Crippen molar-refractivity contribution in [2.45, 2.75) is 45.8 Å². The first-order valence-corrected chi connectivity index (χ1v) is 9.90. The number of carbonyl (C=O) groups is 3. The maximum Gasteiger partial charge on any atom is 0.334 e. The predicted octanol–water partition coefficient (Wildman–Crippen LogP) is 2.72. The lowest BCUT2D eigenvalue weighted by molar-refractivity contribution is -0.173. The quantitative estimate of drug-likeness (QED) is 0.272. The lowest BCUT2D eigenvalue weighted by Gasteiger charge is -2.24. The van der Waals surface area contributed by atoms with Gasteiger partial charge in [-0.25, -0.2) is 4.79 Å². The van der Waals surface area contributed by atoms with Crippen LogP contribution in [0.15, 0.2) is 41.5 Å². The smallest absolute Gasteiger partial charge is 0.334 e. The Bertz CT molecular complexity index is 779. The summed E-state index contributed by atoms with van der Waals surface area (Å²) in [5.74, 6) is -1.67. The number of benzene rings is 1. The largest absolute Gasteiger partial charge is 0.465 e. The molecule has 0 bridgehead atoms. The Balaban J connectivity index is 1.71. The van der Waals surface area contributed by atoms with Gasteiger partial charge in [0.2, 0.25) is 0 Å². The Hall–Kier alpha value is -2.67. The fraction of sp³-hybridized carbons (Fsp3) is 0.500. The van der Waals surface area contributed by atoms with Crippen LogP contribution in [0.3, 0.4) is 0 Å². The van der Waals surface area contributed by atoms with Gasteiger partial charge in [0.05, 0.1) is 26.4 Å². The van der Waals surface area contributed by atoms with E-state index in [2.05, 4.69) is 0 Å². The zero-order chi connectivity index (χ0) is 20.9. The zero-order valence-corrected chi connectivity index (χ0v) is 16.8. The molecule has 2 aliphatic rings. The van der Waals surface area contributed by atoms with Gasteiger partial charge in [-0.15, -0.1) is 0 Å². The van der Waals surface area contributed by atoms with Crippen molar-refractivity contribution in [2.75, 3.05) is 19.8 Å². The molecule has 1 atom stereocenters. The molecule has 0 amide bonds. The van der Waals surface area contributed by atoms with Gasteiger partial charge in [-0.2, -0.15) is 0 Å². The molecule has 1 aromatic carbocycles. The highest BCUT2D eigenvalue weighted by molar-refractivity contribution is 6.03. The molecular formula is C22H26O7. The molecule has 1 heterocycles. The van der Waals surface area contributed by atoms with Gasteiger partial charge in [0, 0.05) is 18.4 Å². The normalized spacial score (nSPS) is 19.7. The molecule has 0 spiro atoms. The number of rotatable bonds is 9. The molecule has 0 N–H and O–H groups in total. The van der Waals surface area contributed by atoms with E-state index in [4.69, 9.17) is 18.9 Å². The van der Waals surface area contributed by atoms with E-state index in [0.717, 1.165) is 5.56 Å². The summed E-state index contributed by atoms with van der Waals surface area (Å²) < 4.78 is 21.4. The van der Waals surface area contributed by atoms with Crippen LogP contribution in [0.2, 0.25) is 0 Å². The van der Waals surface area contributed by atoms with Gasteiger partial charge >= 0.3 is 17.9 Å². The summed E-state index contributed by atoms with van der Waals surface area (Å²) in [6.45, 7) is 4.45. The Morgan fingerprint density at radius 2 is 1.76 bits per heavy atom. The monoisotopic (exact) mass is 402 g/mol. The molecule has 1 saturated carbocycles. The Labute approximate surface area is 170 Å². The molecule has 1 aliphatic carbocycles. The zero-order valence-electron chi connectivity index (χ0n) is 16.8. The molecule has 0 aromatic heterocycles.